The molecule has 0 aliphatic carbocycles. The molecule has 0 saturated heterocycles. The summed E-state index contributed by atoms with van der Waals surface area (Å²) >= 11 is 0. The molecule has 0 aliphatic heterocycles. The van der Waals surface area contributed by atoms with Crippen molar-refractivity contribution in [3.8, 4) is 0 Å². The molecular formula is C22H19N3O6S. The van der Waals surface area contributed by atoms with E-state index in [4.69, 9.17) is 5.11 Å². The van der Waals surface area contributed by atoms with Crippen LogP contribution in [-0.2, 0) is 16.4 Å². The lowest BCUT2D eigenvalue weighted by Crippen LogP contribution is -2.31. The number of hydrogen-bond acceptors (Lipinski definition) is 6. The minimum absolute atomic E-state index is 0.0987. The Bertz CT molecular complexity index is 1240. The third-order valence-corrected chi connectivity index (χ3v) is 5.74. The van der Waals surface area contributed by atoms with Gasteiger partial charge in [0.15, 0.2) is 0 Å². The van der Waals surface area contributed by atoms with Crippen molar-refractivity contribution in [2.24, 2.45) is 0 Å². The molecule has 0 unspecified atom stereocenters. The first-order valence-corrected chi connectivity index (χ1v) is 10.9. The molecule has 10 heteroatoms. The van der Waals surface area contributed by atoms with Crippen LogP contribution in [-0.4, -0.2) is 42.8 Å². The van der Waals surface area contributed by atoms with Crippen LogP contribution < -0.4 is 10.0 Å². The van der Waals surface area contributed by atoms with Crippen LogP contribution in [0.2, 0.25) is 0 Å². The Hall–Kier alpha value is -4.05. The number of carboxylic acid groups (broad SMARTS) is 1. The lowest BCUT2D eigenvalue weighted by Gasteiger charge is -2.09. The summed E-state index contributed by atoms with van der Waals surface area (Å²) in [5.41, 5.74) is 0.813. The van der Waals surface area contributed by atoms with Gasteiger partial charge in [-0.1, -0.05) is 30.3 Å². The molecule has 3 rings (SSSR count). The molecule has 0 atom stereocenters. The Morgan fingerprint density at radius 3 is 2.28 bits per heavy atom. The summed E-state index contributed by atoms with van der Waals surface area (Å²) < 4.78 is 27.1. The molecule has 1 aromatic heterocycles. The average molecular weight is 453 g/mol. The maximum atomic E-state index is 12.6. The monoisotopic (exact) mass is 453 g/mol. The molecule has 164 valence electrons. The number of aromatic carboxylic acids is 1. The number of nitrogens with zero attached hydrogens (tertiary/aromatic N) is 1. The number of carbonyl (C=O) groups is 3. The highest BCUT2D eigenvalue weighted by Gasteiger charge is 2.20. The van der Waals surface area contributed by atoms with Crippen LogP contribution in [0.1, 0.15) is 36.8 Å². The van der Waals surface area contributed by atoms with Crippen LogP contribution in [0.25, 0.3) is 0 Å². The van der Waals surface area contributed by atoms with Gasteiger partial charge >= 0.3 is 5.97 Å². The van der Waals surface area contributed by atoms with Crippen molar-refractivity contribution < 1.29 is 27.9 Å². The van der Waals surface area contributed by atoms with E-state index >= 15 is 0 Å². The van der Waals surface area contributed by atoms with Crippen molar-refractivity contribution in [3.63, 3.8) is 0 Å². The molecule has 0 fully saturated rings. The average Bonchev–Trinajstić information content (AvgIpc) is 2.79. The van der Waals surface area contributed by atoms with Gasteiger partial charge in [0.1, 0.15) is 5.69 Å². The van der Waals surface area contributed by atoms with Gasteiger partial charge in [-0.2, -0.15) is 0 Å². The molecule has 0 radical (unpaired) electrons. The molecule has 0 saturated carbocycles. The zero-order valence-electron chi connectivity index (χ0n) is 16.7. The SMILES string of the molecule is O=C(NCCc1cccc(S(=O)(=O)NC(=O)c2ccc(C(=O)O)nc2)c1)c1ccccc1. The number of aromatic nitrogens is 1. The standard InChI is InChI=1S/C22H19N3O6S/c26-20(16-6-2-1-3-7-16)23-12-11-15-5-4-8-18(13-15)32(30,31)25-21(27)17-9-10-19(22(28)29)24-14-17/h1-10,13-14H,11-12H2,(H,23,26)(H,25,27)(H,28,29). The number of amides is 2. The number of pyridine rings is 1. The zero-order chi connectivity index (χ0) is 23.1. The smallest absolute Gasteiger partial charge is 0.354 e. The van der Waals surface area contributed by atoms with Gasteiger partial charge in [0, 0.05) is 18.3 Å². The fourth-order valence-corrected chi connectivity index (χ4v) is 3.82. The predicted molar refractivity (Wildman–Crippen MR) is 115 cm³/mol. The summed E-state index contributed by atoms with van der Waals surface area (Å²) in [5.74, 6) is -2.43. The van der Waals surface area contributed by atoms with E-state index in [2.05, 4.69) is 10.3 Å². The largest absolute Gasteiger partial charge is 0.477 e. The molecule has 1 heterocycles. The Kier molecular flexibility index (Phi) is 6.96. The number of hydrogen-bond donors (Lipinski definition) is 3. The number of rotatable bonds is 8. The molecule has 9 nitrogen and oxygen atoms in total. The third kappa shape index (κ3) is 5.76. The first kappa shape index (κ1) is 22.6. The summed E-state index contributed by atoms with van der Waals surface area (Å²) in [4.78, 5) is 38.6. The summed E-state index contributed by atoms with van der Waals surface area (Å²) in [7, 11) is -4.17. The second-order valence-corrected chi connectivity index (χ2v) is 8.37. The van der Waals surface area contributed by atoms with E-state index in [1.807, 2.05) is 10.8 Å². The topological polar surface area (TPSA) is 143 Å². The van der Waals surface area contributed by atoms with Gasteiger partial charge in [0.25, 0.3) is 21.8 Å². The summed E-state index contributed by atoms with van der Waals surface area (Å²) in [6.07, 6.45) is 1.37. The Morgan fingerprint density at radius 2 is 1.62 bits per heavy atom. The van der Waals surface area contributed by atoms with Gasteiger partial charge in [0.05, 0.1) is 10.5 Å². The highest BCUT2D eigenvalue weighted by Crippen LogP contribution is 2.13. The highest BCUT2D eigenvalue weighted by atomic mass is 32.2. The van der Waals surface area contributed by atoms with E-state index in [1.165, 1.54) is 24.3 Å². The predicted octanol–water partition coefficient (Wildman–Crippen LogP) is 1.87. The van der Waals surface area contributed by atoms with Gasteiger partial charge in [-0.3, -0.25) is 9.59 Å². The Morgan fingerprint density at radius 1 is 0.875 bits per heavy atom. The van der Waals surface area contributed by atoms with E-state index in [1.54, 1.807) is 30.3 Å². The van der Waals surface area contributed by atoms with E-state index in [9.17, 15) is 22.8 Å². The molecule has 0 aliphatic rings. The lowest BCUT2D eigenvalue weighted by atomic mass is 10.1. The fraction of sp³-hybridized carbons (Fsp3) is 0.0909. The van der Waals surface area contributed by atoms with Gasteiger partial charge < -0.3 is 10.4 Å². The molecule has 3 N–H and O–H groups in total. The molecule has 32 heavy (non-hydrogen) atoms. The summed E-state index contributed by atoms with van der Waals surface area (Å²) in [6.45, 7) is 0.297. The van der Waals surface area contributed by atoms with E-state index in [-0.39, 0.29) is 22.1 Å². The van der Waals surface area contributed by atoms with Gasteiger partial charge in [-0.25, -0.2) is 22.9 Å². The Labute approximate surface area is 184 Å². The van der Waals surface area contributed by atoms with E-state index < -0.39 is 21.9 Å². The van der Waals surface area contributed by atoms with Crippen LogP contribution in [0.5, 0.6) is 0 Å². The van der Waals surface area contributed by atoms with Crippen molar-refractivity contribution in [2.75, 3.05) is 6.54 Å². The fourth-order valence-electron chi connectivity index (χ4n) is 2.77. The first-order chi connectivity index (χ1) is 15.3. The van der Waals surface area contributed by atoms with Crippen molar-refractivity contribution in [1.29, 1.82) is 0 Å². The third-order valence-electron chi connectivity index (χ3n) is 4.42. The molecule has 3 aromatic rings. The maximum Gasteiger partial charge on any atom is 0.354 e. The Balaban J connectivity index is 1.63. The molecule has 0 bridgehead atoms. The molecule has 2 aromatic carbocycles. The minimum Gasteiger partial charge on any atom is -0.477 e. The molecular weight excluding hydrogens is 434 g/mol. The van der Waals surface area contributed by atoms with Crippen molar-refractivity contribution in [1.82, 2.24) is 15.0 Å². The maximum absolute atomic E-state index is 12.6. The highest BCUT2D eigenvalue weighted by molar-refractivity contribution is 7.90. The van der Waals surface area contributed by atoms with Gasteiger partial charge in [-0.05, 0) is 48.4 Å². The first-order valence-electron chi connectivity index (χ1n) is 9.45. The minimum atomic E-state index is -4.17. The lowest BCUT2D eigenvalue weighted by molar-refractivity contribution is 0.0689. The van der Waals surface area contributed by atoms with Gasteiger partial charge in [0.2, 0.25) is 0 Å². The number of sulfonamides is 1. The van der Waals surface area contributed by atoms with Crippen LogP contribution >= 0.6 is 0 Å². The van der Waals surface area contributed by atoms with E-state index in [0.29, 0.717) is 24.1 Å². The summed E-state index contributed by atoms with van der Waals surface area (Å²) in [5, 5.41) is 11.6. The number of benzene rings is 2. The van der Waals surface area contributed by atoms with Crippen LogP contribution in [0.4, 0.5) is 0 Å². The second-order valence-electron chi connectivity index (χ2n) is 6.69. The molecule has 0 spiro atoms. The van der Waals surface area contributed by atoms with Gasteiger partial charge in [-0.15, -0.1) is 0 Å². The van der Waals surface area contributed by atoms with Crippen molar-refractivity contribution >= 4 is 27.8 Å². The van der Waals surface area contributed by atoms with Crippen LogP contribution in [0.15, 0.2) is 77.8 Å². The van der Waals surface area contributed by atoms with Crippen molar-refractivity contribution in [2.45, 2.75) is 11.3 Å². The number of carboxylic acids is 1. The van der Waals surface area contributed by atoms with Crippen LogP contribution in [0.3, 0.4) is 0 Å². The zero-order valence-corrected chi connectivity index (χ0v) is 17.5. The number of nitrogens with one attached hydrogen (secondary N) is 2. The molecule has 2 amide bonds. The normalized spacial score (nSPS) is 10.9. The number of carbonyl (C=O) groups excluding carboxylic acids is 2. The van der Waals surface area contributed by atoms with Crippen LogP contribution in [0, 0.1) is 0 Å². The van der Waals surface area contributed by atoms with Crippen molar-refractivity contribution in [3.05, 3.63) is 95.3 Å². The second kappa shape index (κ2) is 9.84. The van der Waals surface area contributed by atoms with E-state index in [0.717, 1.165) is 12.3 Å². The summed E-state index contributed by atoms with van der Waals surface area (Å²) in [6, 6.07) is 17.0. The quantitative estimate of drug-likeness (QED) is 0.472.